The van der Waals surface area contributed by atoms with E-state index in [2.05, 4.69) is 11.3 Å². The summed E-state index contributed by atoms with van der Waals surface area (Å²) in [7, 11) is -5.14. The molecule has 5 nitrogen and oxygen atoms in total. The van der Waals surface area contributed by atoms with Gasteiger partial charge in [-0.2, -0.15) is 57.1 Å². The number of esters is 1. The van der Waals surface area contributed by atoms with Crippen molar-refractivity contribution in [2.75, 3.05) is 18.9 Å². The number of carbonyl (C=O) groups excluding carboxylic acids is 1. The average molecular weight is 539 g/mol. The van der Waals surface area contributed by atoms with E-state index in [1.54, 1.807) is 0 Å². The molecule has 0 aliphatic rings. The molecule has 0 aromatic carbocycles. The van der Waals surface area contributed by atoms with Crippen LogP contribution in [-0.2, 0) is 19.6 Å². The summed E-state index contributed by atoms with van der Waals surface area (Å²) in [6, 6.07) is 0. The summed E-state index contributed by atoms with van der Waals surface area (Å²) in [6.07, 6.45) is -10.5. The molecule has 1 N–H and O–H groups in total. The van der Waals surface area contributed by atoms with Crippen LogP contribution in [0.5, 0.6) is 0 Å². The Bertz CT molecular complexity index is 837. The van der Waals surface area contributed by atoms with E-state index in [0.29, 0.717) is 0 Å². The molecule has 0 aromatic heterocycles. The zero-order valence-corrected chi connectivity index (χ0v) is 16.8. The molecule has 19 heteroatoms. The van der Waals surface area contributed by atoms with Gasteiger partial charge >= 0.3 is 41.8 Å². The van der Waals surface area contributed by atoms with Gasteiger partial charge < -0.3 is 4.74 Å². The summed E-state index contributed by atoms with van der Waals surface area (Å²) in [6.45, 7) is 3.06. The Balaban J connectivity index is 5.71. The predicted molar refractivity (Wildman–Crippen MR) is 83.0 cm³/mol. The Hall–Kier alpha value is -1.79. The number of hydrogen-bond donors (Lipinski definition) is 1. The van der Waals surface area contributed by atoms with Gasteiger partial charge in [0.25, 0.3) is 0 Å². The molecule has 0 aliphatic heterocycles. The minimum absolute atomic E-state index is 0.210. The lowest BCUT2D eigenvalue weighted by atomic mass is 9.93. The summed E-state index contributed by atoms with van der Waals surface area (Å²) in [5, 5.41) is 0. The molecule has 0 radical (unpaired) electrons. The van der Waals surface area contributed by atoms with E-state index in [4.69, 9.17) is 0 Å². The van der Waals surface area contributed by atoms with Crippen molar-refractivity contribution in [1.82, 2.24) is 4.72 Å². The Morgan fingerprint density at radius 3 is 1.64 bits per heavy atom. The molecule has 196 valence electrons. The fourth-order valence-corrected chi connectivity index (χ4v) is 2.86. The number of sulfonamides is 1. The zero-order valence-electron chi connectivity index (χ0n) is 16.0. The number of alkyl halides is 13. The molecule has 0 rings (SSSR count). The Morgan fingerprint density at radius 2 is 1.24 bits per heavy atom. The highest BCUT2D eigenvalue weighted by Gasteiger charge is 2.90. The first kappa shape index (κ1) is 31.2. The fraction of sp³-hybridized carbons (Fsp3) is 0.786. The second-order valence-electron chi connectivity index (χ2n) is 6.21. The smallest absolute Gasteiger partial charge is 0.460 e. The minimum atomic E-state index is -8.07. The monoisotopic (exact) mass is 539 g/mol. The predicted octanol–water partition coefficient (Wildman–Crippen LogP) is 4.15. The maximum atomic E-state index is 13.6. The third-order valence-electron chi connectivity index (χ3n) is 3.75. The quantitative estimate of drug-likeness (QED) is 0.230. The second-order valence-corrected chi connectivity index (χ2v) is 8.14. The van der Waals surface area contributed by atoms with Crippen LogP contribution in [0.1, 0.15) is 13.3 Å². The normalized spacial score (nSPS) is 14.8. The van der Waals surface area contributed by atoms with E-state index >= 15 is 0 Å². The summed E-state index contributed by atoms with van der Waals surface area (Å²) >= 11 is 0. The summed E-state index contributed by atoms with van der Waals surface area (Å²) in [5.74, 6) is -41.5. The van der Waals surface area contributed by atoms with Crippen molar-refractivity contribution in [2.45, 2.75) is 49.1 Å². The van der Waals surface area contributed by atoms with Gasteiger partial charge in [0.15, 0.2) is 0 Å². The van der Waals surface area contributed by atoms with Crippen molar-refractivity contribution in [3.8, 4) is 0 Å². The van der Waals surface area contributed by atoms with Crippen LogP contribution in [-0.4, -0.2) is 69.1 Å². The number of halogens is 13. The highest BCUT2D eigenvalue weighted by Crippen LogP contribution is 2.60. The molecular formula is C14H14F13NO4S. The number of rotatable bonds is 12. The molecule has 0 aliphatic carbocycles. The topological polar surface area (TPSA) is 72.5 Å². The van der Waals surface area contributed by atoms with Gasteiger partial charge in [-0.05, 0) is 6.92 Å². The molecule has 0 saturated heterocycles. The van der Waals surface area contributed by atoms with Crippen molar-refractivity contribution in [2.24, 2.45) is 0 Å². The molecule has 0 atom stereocenters. The van der Waals surface area contributed by atoms with Gasteiger partial charge in [-0.3, -0.25) is 0 Å². The van der Waals surface area contributed by atoms with Crippen LogP contribution in [0.2, 0.25) is 0 Å². The number of carbonyl (C=O) groups is 1. The third-order valence-corrected chi connectivity index (χ3v) is 5.08. The first-order valence-corrected chi connectivity index (χ1v) is 9.75. The molecule has 0 bridgehead atoms. The Morgan fingerprint density at radius 1 is 0.818 bits per heavy atom. The molecular weight excluding hydrogens is 525 g/mol. The van der Waals surface area contributed by atoms with Crippen LogP contribution >= 0.6 is 0 Å². The highest BCUT2D eigenvalue weighted by molar-refractivity contribution is 7.89. The molecule has 0 heterocycles. The van der Waals surface area contributed by atoms with Gasteiger partial charge in [0.2, 0.25) is 10.0 Å². The number of ether oxygens (including phenoxy) is 1. The lowest BCUT2D eigenvalue weighted by molar-refractivity contribution is -0.439. The first-order valence-electron chi connectivity index (χ1n) is 8.10. The SMILES string of the molecule is C=C(CNS(=O)(=O)CCC(F)(F)C(F)(F)C(F)(F)C(F)(F)C(F)(F)C(F)(F)F)C(=O)OCC. The molecule has 0 unspecified atom stereocenters. The maximum absolute atomic E-state index is 13.6. The van der Waals surface area contributed by atoms with Crippen LogP contribution in [0, 0.1) is 0 Å². The van der Waals surface area contributed by atoms with E-state index in [1.807, 2.05) is 0 Å². The van der Waals surface area contributed by atoms with Crippen molar-refractivity contribution < 1.29 is 75.0 Å². The largest absolute Gasteiger partial charge is 0.463 e. The number of hydrogen-bond acceptors (Lipinski definition) is 4. The van der Waals surface area contributed by atoms with E-state index in [-0.39, 0.29) is 6.61 Å². The van der Waals surface area contributed by atoms with Crippen molar-refractivity contribution >= 4 is 16.0 Å². The van der Waals surface area contributed by atoms with E-state index in [0.717, 1.165) is 0 Å². The van der Waals surface area contributed by atoms with Gasteiger partial charge in [0.05, 0.1) is 12.4 Å². The lowest BCUT2D eigenvalue weighted by Gasteiger charge is -2.39. The average Bonchev–Trinajstić information content (AvgIpc) is 2.63. The second kappa shape index (κ2) is 9.46. The molecule has 0 amide bonds. The van der Waals surface area contributed by atoms with Crippen molar-refractivity contribution in [1.29, 1.82) is 0 Å². The van der Waals surface area contributed by atoms with E-state index in [1.165, 1.54) is 11.6 Å². The van der Waals surface area contributed by atoms with Gasteiger partial charge in [-0.1, -0.05) is 6.58 Å². The maximum Gasteiger partial charge on any atom is 0.460 e. The highest BCUT2D eigenvalue weighted by atomic mass is 32.2. The van der Waals surface area contributed by atoms with Gasteiger partial charge in [0.1, 0.15) is 0 Å². The van der Waals surface area contributed by atoms with Crippen LogP contribution < -0.4 is 4.72 Å². The summed E-state index contributed by atoms with van der Waals surface area (Å²) in [5.41, 5.74) is -0.641. The van der Waals surface area contributed by atoms with E-state index in [9.17, 15) is 70.3 Å². The van der Waals surface area contributed by atoms with Gasteiger partial charge in [-0.15, -0.1) is 0 Å². The summed E-state index contributed by atoms with van der Waals surface area (Å²) < 4.78 is 197. The van der Waals surface area contributed by atoms with Crippen LogP contribution in [0.4, 0.5) is 57.1 Å². The lowest BCUT2D eigenvalue weighted by Crippen LogP contribution is -2.70. The molecule has 33 heavy (non-hydrogen) atoms. The molecule has 0 saturated carbocycles. The van der Waals surface area contributed by atoms with Crippen LogP contribution in [0.3, 0.4) is 0 Å². The third kappa shape index (κ3) is 6.02. The molecule has 0 aromatic rings. The molecule has 0 fully saturated rings. The first-order chi connectivity index (χ1) is 14.3. The standard InChI is InChI=1S/C14H14F13NO4S/c1-3-32-8(29)7(2)6-28-33(30,31)5-4-9(15,16)10(17,18)11(19,20)12(21,22)13(23,24)14(25,26)27/h28H,2-6H2,1H3. The summed E-state index contributed by atoms with van der Waals surface area (Å²) in [4.78, 5) is 11.2. The Kier molecular flexibility index (Phi) is 8.94. The van der Waals surface area contributed by atoms with Crippen molar-refractivity contribution in [3.63, 3.8) is 0 Å². The van der Waals surface area contributed by atoms with Crippen molar-refractivity contribution in [3.05, 3.63) is 12.2 Å². The minimum Gasteiger partial charge on any atom is -0.463 e. The molecule has 0 spiro atoms. The Labute approximate surface area is 177 Å². The van der Waals surface area contributed by atoms with Crippen LogP contribution in [0.15, 0.2) is 12.2 Å². The van der Waals surface area contributed by atoms with Gasteiger partial charge in [0, 0.05) is 18.5 Å². The fourth-order valence-electron chi connectivity index (χ4n) is 1.80. The number of nitrogens with one attached hydrogen (secondary N) is 1. The van der Waals surface area contributed by atoms with Gasteiger partial charge in [-0.25, -0.2) is 17.9 Å². The zero-order chi connectivity index (χ0) is 26.9. The van der Waals surface area contributed by atoms with Crippen LogP contribution in [0.25, 0.3) is 0 Å². The van der Waals surface area contributed by atoms with E-state index < -0.39 is 76.1 Å².